The van der Waals surface area contributed by atoms with Crippen molar-refractivity contribution in [2.75, 3.05) is 11.9 Å². The Morgan fingerprint density at radius 2 is 1.92 bits per heavy atom. The van der Waals surface area contributed by atoms with Crippen LogP contribution in [0.3, 0.4) is 0 Å². The fraction of sp³-hybridized carbons (Fsp3) is 0.650. The molecule has 1 N–H and O–H groups in total. The standard InChI is InChI=1S/C20H33NO3/c1-8-16(6)24-18-11-10-17(12-15(18)5)21-19(22)20(7,23-9-2)13-14(3)4/h10-12,14,16H,8-9,13H2,1-7H3,(H,21,22)/t16-,20+/m0/s1. The number of anilines is 1. The lowest BCUT2D eigenvalue weighted by molar-refractivity contribution is -0.140. The molecule has 2 atom stereocenters. The second-order valence-electron chi connectivity index (χ2n) is 7.03. The average molecular weight is 335 g/mol. The van der Waals surface area contributed by atoms with E-state index < -0.39 is 5.60 Å². The largest absolute Gasteiger partial charge is 0.490 e. The Balaban J connectivity index is 2.87. The third-order valence-electron chi connectivity index (χ3n) is 4.08. The first kappa shape index (κ1) is 20.5. The highest BCUT2D eigenvalue weighted by Gasteiger charge is 2.34. The van der Waals surface area contributed by atoms with E-state index in [0.717, 1.165) is 23.4 Å². The van der Waals surface area contributed by atoms with Crippen molar-refractivity contribution in [2.45, 2.75) is 73.0 Å². The molecule has 4 heteroatoms. The Bertz CT molecular complexity index is 542. The van der Waals surface area contributed by atoms with Crippen LogP contribution in [-0.2, 0) is 9.53 Å². The van der Waals surface area contributed by atoms with Crippen molar-refractivity contribution >= 4 is 11.6 Å². The summed E-state index contributed by atoms with van der Waals surface area (Å²) in [5.41, 5.74) is 0.960. The number of carbonyl (C=O) groups is 1. The van der Waals surface area contributed by atoms with E-state index in [2.05, 4.69) is 33.0 Å². The minimum Gasteiger partial charge on any atom is -0.490 e. The van der Waals surface area contributed by atoms with Gasteiger partial charge in [-0.2, -0.15) is 0 Å². The van der Waals surface area contributed by atoms with Crippen LogP contribution in [0.5, 0.6) is 5.75 Å². The first-order chi connectivity index (χ1) is 11.2. The van der Waals surface area contributed by atoms with E-state index in [1.807, 2.05) is 39.0 Å². The number of amides is 1. The molecule has 0 bridgehead atoms. The summed E-state index contributed by atoms with van der Waals surface area (Å²) in [7, 11) is 0. The van der Waals surface area contributed by atoms with E-state index in [4.69, 9.17) is 9.47 Å². The van der Waals surface area contributed by atoms with Crippen LogP contribution >= 0.6 is 0 Å². The van der Waals surface area contributed by atoms with Crippen molar-refractivity contribution in [1.29, 1.82) is 0 Å². The lowest BCUT2D eigenvalue weighted by atomic mass is 9.93. The zero-order valence-electron chi connectivity index (χ0n) is 16.2. The number of aryl methyl sites for hydroxylation is 1. The maximum atomic E-state index is 12.7. The van der Waals surface area contributed by atoms with E-state index in [1.54, 1.807) is 0 Å². The fourth-order valence-corrected chi connectivity index (χ4v) is 2.74. The number of rotatable bonds is 9. The maximum Gasteiger partial charge on any atom is 0.256 e. The van der Waals surface area contributed by atoms with E-state index in [9.17, 15) is 4.79 Å². The van der Waals surface area contributed by atoms with Crippen LogP contribution in [0.25, 0.3) is 0 Å². The van der Waals surface area contributed by atoms with E-state index >= 15 is 0 Å². The van der Waals surface area contributed by atoms with Gasteiger partial charge in [0, 0.05) is 12.3 Å². The number of ether oxygens (including phenoxy) is 2. The van der Waals surface area contributed by atoms with Crippen LogP contribution in [0.15, 0.2) is 18.2 Å². The Kier molecular flexibility index (Phi) is 7.74. The number of benzene rings is 1. The number of carbonyl (C=O) groups excluding carboxylic acids is 1. The van der Waals surface area contributed by atoms with Crippen molar-refractivity contribution in [3.8, 4) is 5.75 Å². The van der Waals surface area contributed by atoms with E-state index in [-0.39, 0.29) is 12.0 Å². The normalized spacial score (nSPS) is 15.0. The summed E-state index contributed by atoms with van der Waals surface area (Å²) < 4.78 is 11.6. The molecular formula is C20H33NO3. The van der Waals surface area contributed by atoms with Gasteiger partial charge in [-0.1, -0.05) is 20.8 Å². The molecule has 1 rings (SSSR count). The van der Waals surface area contributed by atoms with Gasteiger partial charge in [-0.3, -0.25) is 4.79 Å². The molecule has 24 heavy (non-hydrogen) atoms. The molecule has 0 radical (unpaired) electrons. The van der Waals surface area contributed by atoms with Gasteiger partial charge in [0.2, 0.25) is 0 Å². The number of nitrogens with one attached hydrogen (secondary N) is 1. The Morgan fingerprint density at radius 3 is 2.42 bits per heavy atom. The molecule has 0 heterocycles. The molecule has 0 aliphatic heterocycles. The Hall–Kier alpha value is -1.55. The van der Waals surface area contributed by atoms with Crippen LogP contribution in [0.4, 0.5) is 5.69 Å². The molecule has 0 aliphatic carbocycles. The third-order valence-corrected chi connectivity index (χ3v) is 4.08. The van der Waals surface area contributed by atoms with Crippen molar-refractivity contribution in [1.82, 2.24) is 0 Å². The van der Waals surface area contributed by atoms with Gasteiger partial charge in [-0.15, -0.1) is 0 Å². The molecule has 0 fully saturated rings. The topological polar surface area (TPSA) is 47.6 Å². The molecule has 4 nitrogen and oxygen atoms in total. The maximum absolute atomic E-state index is 12.7. The quantitative estimate of drug-likeness (QED) is 0.694. The molecule has 0 saturated heterocycles. The lowest BCUT2D eigenvalue weighted by Crippen LogP contribution is -2.44. The van der Waals surface area contributed by atoms with Crippen molar-refractivity contribution < 1.29 is 14.3 Å². The van der Waals surface area contributed by atoms with Crippen molar-refractivity contribution in [3.63, 3.8) is 0 Å². The van der Waals surface area contributed by atoms with Crippen LogP contribution in [0.1, 0.15) is 59.9 Å². The molecule has 1 aromatic carbocycles. The number of hydrogen-bond donors (Lipinski definition) is 1. The first-order valence-corrected chi connectivity index (χ1v) is 8.94. The minimum absolute atomic E-state index is 0.104. The number of hydrogen-bond acceptors (Lipinski definition) is 3. The molecule has 1 aromatic rings. The Morgan fingerprint density at radius 1 is 1.25 bits per heavy atom. The summed E-state index contributed by atoms with van der Waals surface area (Å²) >= 11 is 0. The van der Waals surface area contributed by atoms with Crippen molar-refractivity contribution in [3.05, 3.63) is 23.8 Å². The summed E-state index contributed by atoms with van der Waals surface area (Å²) in [5.74, 6) is 1.13. The highest BCUT2D eigenvalue weighted by molar-refractivity contribution is 5.97. The summed E-state index contributed by atoms with van der Waals surface area (Å²) in [6.45, 7) is 14.6. The molecule has 136 valence electrons. The molecule has 0 spiro atoms. The molecule has 0 aliphatic rings. The average Bonchev–Trinajstić information content (AvgIpc) is 2.49. The van der Waals surface area contributed by atoms with Gasteiger partial charge < -0.3 is 14.8 Å². The van der Waals surface area contributed by atoms with Gasteiger partial charge in [-0.05, 0) is 70.2 Å². The van der Waals surface area contributed by atoms with Gasteiger partial charge >= 0.3 is 0 Å². The van der Waals surface area contributed by atoms with Crippen LogP contribution in [0, 0.1) is 12.8 Å². The predicted molar refractivity (Wildman–Crippen MR) is 99.7 cm³/mol. The third kappa shape index (κ3) is 5.82. The SMILES string of the molecule is CCO[C@](C)(CC(C)C)C(=O)Nc1ccc(O[C@@H](C)CC)c(C)c1. The monoisotopic (exact) mass is 335 g/mol. The van der Waals surface area contributed by atoms with Gasteiger partial charge in [0.1, 0.15) is 11.4 Å². The van der Waals surface area contributed by atoms with Gasteiger partial charge in [0.15, 0.2) is 0 Å². The zero-order valence-corrected chi connectivity index (χ0v) is 16.2. The molecular weight excluding hydrogens is 302 g/mol. The van der Waals surface area contributed by atoms with Crippen LogP contribution in [-0.4, -0.2) is 24.2 Å². The predicted octanol–water partition coefficient (Wildman–Crippen LogP) is 4.95. The van der Waals surface area contributed by atoms with E-state index in [0.29, 0.717) is 18.9 Å². The summed E-state index contributed by atoms with van der Waals surface area (Å²) in [6, 6.07) is 5.74. The van der Waals surface area contributed by atoms with E-state index in [1.165, 1.54) is 0 Å². The summed E-state index contributed by atoms with van der Waals surface area (Å²) in [6.07, 6.45) is 1.82. The smallest absolute Gasteiger partial charge is 0.256 e. The molecule has 0 unspecified atom stereocenters. The van der Waals surface area contributed by atoms with Gasteiger partial charge in [-0.25, -0.2) is 0 Å². The first-order valence-electron chi connectivity index (χ1n) is 8.94. The second-order valence-corrected chi connectivity index (χ2v) is 7.03. The van der Waals surface area contributed by atoms with Crippen molar-refractivity contribution in [2.24, 2.45) is 5.92 Å². The molecule has 0 aromatic heterocycles. The van der Waals surface area contributed by atoms with Gasteiger partial charge in [0.05, 0.1) is 6.10 Å². The minimum atomic E-state index is -0.817. The summed E-state index contributed by atoms with van der Waals surface area (Å²) in [5, 5.41) is 2.99. The molecule has 0 saturated carbocycles. The van der Waals surface area contributed by atoms with Crippen LogP contribution in [0.2, 0.25) is 0 Å². The zero-order chi connectivity index (χ0) is 18.3. The second kappa shape index (κ2) is 9.07. The highest BCUT2D eigenvalue weighted by atomic mass is 16.5. The Labute approximate surface area is 146 Å². The fourth-order valence-electron chi connectivity index (χ4n) is 2.74. The molecule has 1 amide bonds. The lowest BCUT2D eigenvalue weighted by Gasteiger charge is -2.30. The highest BCUT2D eigenvalue weighted by Crippen LogP contribution is 2.26. The van der Waals surface area contributed by atoms with Crippen LogP contribution < -0.4 is 10.1 Å². The van der Waals surface area contributed by atoms with Gasteiger partial charge in [0.25, 0.3) is 5.91 Å². The summed E-state index contributed by atoms with van der Waals surface area (Å²) in [4.78, 5) is 12.7.